The Hall–Kier alpha value is -4.60. The van der Waals surface area contributed by atoms with Gasteiger partial charge in [0.2, 0.25) is 5.91 Å². The second-order valence-corrected chi connectivity index (χ2v) is 9.46. The van der Waals surface area contributed by atoms with E-state index in [1.807, 2.05) is 41.6 Å². The number of alkyl halides is 6. The summed E-state index contributed by atoms with van der Waals surface area (Å²) in [6.07, 6.45) is -4.59. The lowest BCUT2D eigenvalue weighted by molar-refractivity contribution is -0.193. The molecular formula is C28H30F6N4O6. The molecular weight excluding hydrogens is 602 g/mol. The summed E-state index contributed by atoms with van der Waals surface area (Å²) in [6.45, 7) is 3.49. The lowest BCUT2D eigenvalue weighted by atomic mass is 10.0. The lowest BCUT2D eigenvalue weighted by Gasteiger charge is -2.34. The van der Waals surface area contributed by atoms with Gasteiger partial charge in [0.05, 0.1) is 7.11 Å². The largest absolute Gasteiger partial charge is 0.497 e. The summed E-state index contributed by atoms with van der Waals surface area (Å²) in [7, 11) is 1.62. The number of hydrogen-bond donors (Lipinski definition) is 4. The monoisotopic (exact) mass is 632 g/mol. The first kappa shape index (κ1) is 35.6. The van der Waals surface area contributed by atoms with Crippen molar-refractivity contribution < 1.29 is 55.7 Å². The van der Waals surface area contributed by atoms with Gasteiger partial charge in [-0.05, 0) is 49.1 Å². The smallest absolute Gasteiger partial charge is 0.490 e. The van der Waals surface area contributed by atoms with Gasteiger partial charge < -0.3 is 30.9 Å². The maximum atomic E-state index is 12.9. The Kier molecular flexibility index (Phi) is 12.3. The number of nitrogens with one attached hydrogen (secondary N) is 1. The zero-order valence-electron chi connectivity index (χ0n) is 23.4. The molecule has 1 aliphatic rings. The molecule has 0 bridgehead atoms. The number of nitrogens with two attached hydrogens (primary N) is 1. The number of aliphatic carboxylic acids is 2. The number of amides is 1. The highest BCUT2D eigenvalue weighted by molar-refractivity contribution is 5.95. The van der Waals surface area contributed by atoms with Crippen molar-refractivity contribution >= 4 is 34.3 Å². The molecule has 1 aliphatic heterocycles. The maximum Gasteiger partial charge on any atom is 0.490 e. The van der Waals surface area contributed by atoms with E-state index in [9.17, 15) is 31.1 Å². The molecule has 1 saturated heterocycles. The maximum absolute atomic E-state index is 12.9. The molecule has 3 aromatic rings. The predicted molar refractivity (Wildman–Crippen MR) is 147 cm³/mol. The van der Waals surface area contributed by atoms with Gasteiger partial charge in [-0.3, -0.25) is 9.78 Å². The molecule has 0 spiro atoms. The van der Waals surface area contributed by atoms with E-state index in [0.29, 0.717) is 19.1 Å². The molecule has 0 saturated carbocycles. The molecule has 1 aromatic heterocycles. The first-order valence-electron chi connectivity index (χ1n) is 12.8. The summed E-state index contributed by atoms with van der Waals surface area (Å²) < 4.78 is 68.6. The number of likely N-dealkylation sites (tertiary alicyclic amines) is 1. The highest BCUT2D eigenvalue weighted by Crippen LogP contribution is 2.28. The van der Waals surface area contributed by atoms with E-state index in [2.05, 4.69) is 35.4 Å². The summed E-state index contributed by atoms with van der Waals surface area (Å²) >= 11 is 0. The van der Waals surface area contributed by atoms with E-state index < -0.39 is 30.3 Å². The van der Waals surface area contributed by atoms with Crippen LogP contribution in [0, 0.1) is 6.92 Å². The highest BCUT2D eigenvalue weighted by atomic mass is 19.4. The Labute approximate surface area is 247 Å². The standard InChI is InChI=1S/C24H28N4O2.2C2HF3O2/c1-16-14-26-15-18-4-3-5-21(22(16)18)27-19-10-12-28(13-11-19)24(29)23(25)17-6-8-20(30-2)9-7-17;2*3-2(4,5)1(6)7/h3-9,14-15,19,23,27H,10-13,25H2,1-2H3;2*(H,6,7). The minimum atomic E-state index is -5.08. The number of halogens is 6. The van der Waals surface area contributed by atoms with Crippen LogP contribution in [0.4, 0.5) is 32.0 Å². The number of benzene rings is 2. The van der Waals surface area contributed by atoms with Gasteiger partial charge in [0.25, 0.3) is 0 Å². The Morgan fingerprint density at radius 2 is 1.48 bits per heavy atom. The fraction of sp³-hybridized carbons (Fsp3) is 0.357. The minimum absolute atomic E-state index is 0.0225. The van der Waals surface area contributed by atoms with Crippen molar-refractivity contribution in [3.63, 3.8) is 0 Å². The molecule has 0 radical (unpaired) electrons. The van der Waals surface area contributed by atoms with Crippen LogP contribution in [0.25, 0.3) is 10.8 Å². The number of ether oxygens (including phenoxy) is 1. The van der Waals surface area contributed by atoms with E-state index in [1.54, 1.807) is 7.11 Å². The number of fused-ring (bicyclic) bond motifs is 1. The van der Waals surface area contributed by atoms with Crippen LogP contribution in [0.5, 0.6) is 5.75 Å². The first-order valence-corrected chi connectivity index (χ1v) is 12.8. The molecule has 44 heavy (non-hydrogen) atoms. The molecule has 2 heterocycles. The second kappa shape index (κ2) is 15.2. The number of aryl methyl sites for hydroxylation is 1. The van der Waals surface area contributed by atoms with Crippen molar-refractivity contribution in [2.24, 2.45) is 5.73 Å². The quantitative estimate of drug-likeness (QED) is 0.287. The SMILES string of the molecule is COc1ccc(C(N)C(=O)N2CCC(Nc3cccc4cncc(C)c34)CC2)cc1.O=C(O)C(F)(F)F.O=C(O)C(F)(F)F. The average molecular weight is 633 g/mol. The Bertz CT molecular complexity index is 1400. The average Bonchev–Trinajstić information content (AvgIpc) is 2.97. The minimum Gasteiger partial charge on any atom is -0.497 e. The number of aromatic nitrogens is 1. The van der Waals surface area contributed by atoms with Crippen molar-refractivity contribution in [3.8, 4) is 5.75 Å². The number of carboxylic acids is 2. The van der Waals surface area contributed by atoms with Crippen LogP contribution in [0.3, 0.4) is 0 Å². The van der Waals surface area contributed by atoms with E-state index in [-0.39, 0.29) is 5.91 Å². The van der Waals surface area contributed by atoms with Crippen LogP contribution < -0.4 is 15.8 Å². The number of piperidine rings is 1. The normalized spacial score (nSPS) is 14.3. The van der Waals surface area contributed by atoms with Gasteiger partial charge in [-0.1, -0.05) is 24.3 Å². The van der Waals surface area contributed by atoms with Gasteiger partial charge in [-0.2, -0.15) is 26.3 Å². The van der Waals surface area contributed by atoms with Crippen molar-refractivity contribution in [3.05, 3.63) is 66.0 Å². The molecule has 240 valence electrons. The molecule has 1 unspecified atom stereocenters. The summed E-state index contributed by atoms with van der Waals surface area (Å²) in [4.78, 5) is 36.8. The third-order valence-electron chi connectivity index (χ3n) is 6.37. The van der Waals surface area contributed by atoms with Gasteiger partial charge >= 0.3 is 24.3 Å². The second-order valence-electron chi connectivity index (χ2n) is 9.46. The Morgan fingerprint density at radius 3 is 1.95 bits per heavy atom. The van der Waals surface area contributed by atoms with Gasteiger partial charge in [0.15, 0.2) is 0 Å². The van der Waals surface area contributed by atoms with Crippen molar-refractivity contribution in [1.82, 2.24) is 9.88 Å². The molecule has 16 heteroatoms. The van der Waals surface area contributed by atoms with E-state index >= 15 is 0 Å². The van der Waals surface area contributed by atoms with E-state index in [0.717, 1.165) is 40.8 Å². The molecule has 0 aliphatic carbocycles. The van der Waals surface area contributed by atoms with Gasteiger partial charge in [0, 0.05) is 48.0 Å². The topological polar surface area (TPSA) is 155 Å². The molecule has 2 aromatic carbocycles. The number of anilines is 1. The van der Waals surface area contributed by atoms with E-state index in [1.165, 1.54) is 5.39 Å². The summed E-state index contributed by atoms with van der Waals surface area (Å²) in [6, 6.07) is 13.3. The summed E-state index contributed by atoms with van der Waals surface area (Å²) in [5.74, 6) is -4.78. The lowest BCUT2D eigenvalue weighted by Crippen LogP contribution is -2.45. The molecule has 1 fully saturated rings. The van der Waals surface area contributed by atoms with Gasteiger partial charge in [0.1, 0.15) is 11.8 Å². The van der Waals surface area contributed by atoms with E-state index in [4.69, 9.17) is 30.3 Å². The van der Waals surface area contributed by atoms with Crippen LogP contribution in [-0.2, 0) is 14.4 Å². The zero-order chi connectivity index (χ0) is 33.2. The Balaban J connectivity index is 0.000000402. The third-order valence-corrected chi connectivity index (χ3v) is 6.37. The molecule has 4 rings (SSSR count). The third kappa shape index (κ3) is 10.3. The van der Waals surface area contributed by atoms with Gasteiger partial charge in [-0.15, -0.1) is 0 Å². The predicted octanol–water partition coefficient (Wildman–Crippen LogP) is 4.92. The molecule has 5 N–H and O–H groups in total. The zero-order valence-corrected chi connectivity index (χ0v) is 23.4. The van der Waals surface area contributed by atoms with Crippen LogP contribution in [0.2, 0.25) is 0 Å². The molecule has 10 nitrogen and oxygen atoms in total. The van der Waals surface area contributed by atoms with Crippen LogP contribution >= 0.6 is 0 Å². The number of rotatable bonds is 5. The fourth-order valence-electron chi connectivity index (χ4n) is 4.15. The van der Waals surface area contributed by atoms with Gasteiger partial charge in [-0.25, -0.2) is 9.59 Å². The Morgan fingerprint density at radius 1 is 0.955 bits per heavy atom. The number of nitrogens with zero attached hydrogens (tertiary/aromatic N) is 2. The number of carbonyl (C=O) groups is 3. The van der Waals surface area contributed by atoms with Crippen molar-refractivity contribution in [2.75, 3.05) is 25.5 Å². The number of methoxy groups -OCH3 is 1. The number of carbonyl (C=O) groups excluding carboxylic acids is 1. The fourth-order valence-corrected chi connectivity index (χ4v) is 4.15. The van der Waals surface area contributed by atoms with Crippen LogP contribution in [0.1, 0.15) is 30.0 Å². The van der Waals surface area contributed by atoms with Crippen LogP contribution in [0.15, 0.2) is 54.9 Å². The molecule has 1 atom stereocenters. The van der Waals surface area contributed by atoms with Crippen molar-refractivity contribution in [1.29, 1.82) is 0 Å². The van der Waals surface area contributed by atoms with Crippen molar-refractivity contribution in [2.45, 2.75) is 44.2 Å². The number of carboxylic acid groups (broad SMARTS) is 2. The number of hydrogen-bond acceptors (Lipinski definition) is 7. The summed E-state index contributed by atoms with van der Waals surface area (Å²) in [5.41, 5.74) is 9.34. The first-order chi connectivity index (χ1) is 20.4. The van der Waals surface area contributed by atoms with Crippen LogP contribution in [-0.4, -0.2) is 76.5 Å². The molecule has 1 amide bonds. The number of pyridine rings is 1. The summed E-state index contributed by atoms with van der Waals surface area (Å²) in [5, 5.41) is 20.3. The highest BCUT2D eigenvalue weighted by Gasteiger charge is 2.39.